The molecular weight excluding hydrogens is 262 g/mol. The van der Waals surface area contributed by atoms with E-state index in [4.69, 9.17) is 9.47 Å². The summed E-state index contributed by atoms with van der Waals surface area (Å²) in [7, 11) is 2.44. The van der Waals surface area contributed by atoms with E-state index < -0.39 is 10.8 Å². The number of nitrogens with one attached hydrogen (secondary N) is 1. The lowest BCUT2D eigenvalue weighted by Crippen LogP contribution is -2.27. The van der Waals surface area contributed by atoms with Gasteiger partial charge in [-0.15, -0.1) is 0 Å². The highest BCUT2D eigenvalue weighted by Crippen LogP contribution is 2.29. The molecule has 1 rings (SSSR count). The van der Waals surface area contributed by atoms with Gasteiger partial charge in [0.25, 0.3) is 0 Å². The molecule has 0 aliphatic carbocycles. The normalized spacial score (nSPS) is 13.9. The van der Waals surface area contributed by atoms with Crippen molar-refractivity contribution in [3.8, 4) is 11.5 Å². The number of methoxy groups -OCH3 is 2. The van der Waals surface area contributed by atoms with Gasteiger partial charge in [0.05, 0.1) is 14.2 Å². The summed E-state index contributed by atoms with van der Waals surface area (Å²) in [5.41, 5.74) is 0.991. The van der Waals surface area contributed by atoms with Crippen molar-refractivity contribution in [3.05, 3.63) is 23.8 Å². The van der Waals surface area contributed by atoms with Gasteiger partial charge in [-0.1, -0.05) is 13.8 Å². The van der Waals surface area contributed by atoms with E-state index in [2.05, 4.69) is 5.32 Å². The third kappa shape index (κ3) is 4.51. The van der Waals surface area contributed by atoms with Crippen LogP contribution in [0.4, 0.5) is 0 Å². The zero-order valence-corrected chi connectivity index (χ0v) is 12.9. The molecular formula is C14H23NO3S. The molecule has 0 aliphatic rings. The van der Waals surface area contributed by atoms with E-state index in [1.165, 1.54) is 0 Å². The minimum Gasteiger partial charge on any atom is -0.497 e. The van der Waals surface area contributed by atoms with Gasteiger partial charge in [0.1, 0.15) is 11.5 Å². The standard InChI is InChI=1S/C14H23NO3S/c1-5-15-13(10-19(16)6-2)12-9-11(17-3)7-8-14(12)18-4/h7-9,13,15H,5-6,10H2,1-4H3. The lowest BCUT2D eigenvalue weighted by atomic mass is 10.1. The number of hydrogen-bond acceptors (Lipinski definition) is 4. The maximum atomic E-state index is 11.8. The molecule has 4 nitrogen and oxygen atoms in total. The average Bonchev–Trinajstić information content (AvgIpc) is 2.45. The second-order valence-electron chi connectivity index (χ2n) is 4.11. The number of rotatable bonds is 8. The van der Waals surface area contributed by atoms with Crippen molar-refractivity contribution < 1.29 is 13.7 Å². The summed E-state index contributed by atoms with van der Waals surface area (Å²) >= 11 is 0. The van der Waals surface area contributed by atoms with Crippen molar-refractivity contribution >= 4 is 10.8 Å². The number of ether oxygens (including phenoxy) is 2. The van der Waals surface area contributed by atoms with E-state index in [0.717, 1.165) is 23.6 Å². The summed E-state index contributed by atoms with van der Waals surface area (Å²) in [4.78, 5) is 0. The van der Waals surface area contributed by atoms with Gasteiger partial charge in [-0.25, -0.2) is 0 Å². The van der Waals surface area contributed by atoms with Crippen LogP contribution < -0.4 is 14.8 Å². The lowest BCUT2D eigenvalue weighted by molar-refractivity contribution is 0.392. The van der Waals surface area contributed by atoms with Gasteiger partial charge in [-0.05, 0) is 24.7 Å². The highest BCUT2D eigenvalue weighted by atomic mass is 32.2. The molecule has 1 aromatic carbocycles. The largest absolute Gasteiger partial charge is 0.497 e. The van der Waals surface area contributed by atoms with Crippen molar-refractivity contribution in [3.63, 3.8) is 0 Å². The molecule has 0 fully saturated rings. The van der Waals surface area contributed by atoms with Gasteiger partial charge in [-0.3, -0.25) is 4.21 Å². The van der Waals surface area contributed by atoms with Gasteiger partial charge in [0.2, 0.25) is 0 Å². The molecule has 0 amide bonds. The van der Waals surface area contributed by atoms with Gasteiger partial charge < -0.3 is 14.8 Å². The Morgan fingerprint density at radius 2 is 2.00 bits per heavy atom. The van der Waals surface area contributed by atoms with Crippen molar-refractivity contribution in [2.45, 2.75) is 19.9 Å². The fraction of sp³-hybridized carbons (Fsp3) is 0.571. The van der Waals surface area contributed by atoms with Crippen LogP contribution in [0.15, 0.2) is 18.2 Å². The third-order valence-electron chi connectivity index (χ3n) is 2.94. The molecule has 2 atom stereocenters. The van der Waals surface area contributed by atoms with E-state index >= 15 is 0 Å². The van der Waals surface area contributed by atoms with E-state index in [9.17, 15) is 4.21 Å². The molecule has 2 unspecified atom stereocenters. The van der Waals surface area contributed by atoms with Crippen LogP contribution >= 0.6 is 0 Å². The first-order valence-electron chi connectivity index (χ1n) is 6.46. The highest BCUT2D eigenvalue weighted by molar-refractivity contribution is 7.84. The van der Waals surface area contributed by atoms with E-state index in [1.807, 2.05) is 32.0 Å². The Morgan fingerprint density at radius 1 is 1.26 bits per heavy atom. The highest BCUT2D eigenvalue weighted by Gasteiger charge is 2.18. The Morgan fingerprint density at radius 3 is 2.53 bits per heavy atom. The first-order valence-corrected chi connectivity index (χ1v) is 7.95. The minimum atomic E-state index is -0.837. The Balaban J connectivity index is 3.07. The van der Waals surface area contributed by atoms with Crippen LogP contribution in [0.5, 0.6) is 11.5 Å². The quantitative estimate of drug-likeness (QED) is 0.795. The smallest absolute Gasteiger partial charge is 0.123 e. The summed E-state index contributed by atoms with van der Waals surface area (Å²) in [6.45, 7) is 4.78. The van der Waals surface area contributed by atoms with Crippen molar-refractivity contribution in [1.82, 2.24) is 5.32 Å². The Hall–Kier alpha value is -1.07. The van der Waals surface area contributed by atoms with Gasteiger partial charge in [0, 0.05) is 33.9 Å². The zero-order valence-electron chi connectivity index (χ0n) is 12.1. The fourth-order valence-electron chi connectivity index (χ4n) is 1.92. The van der Waals surface area contributed by atoms with Gasteiger partial charge in [-0.2, -0.15) is 0 Å². The Kier molecular flexibility index (Phi) is 6.87. The van der Waals surface area contributed by atoms with Crippen LogP contribution in [0.25, 0.3) is 0 Å². The molecule has 0 heterocycles. The van der Waals surface area contributed by atoms with Crippen LogP contribution in [0, 0.1) is 0 Å². The lowest BCUT2D eigenvalue weighted by Gasteiger charge is -2.21. The maximum Gasteiger partial charge on any atom is 0.123 e. The molecule has 0 saturated heterocycles. The molecule has 0 radical (unpaired) electrons. The van der Waals surface area contributed by atoms with Crippen LogP contribution in [0.1, 0.15) is 25.5 Å². The molecule has 19 heavy (non-hydrogen) atoms. The molecule has 108 valence electrons. The molecule has 1 aromatic rings. The minimum absolute atomic E-state index is 0.0100. The monoisotopic (exact) mass is 285 g/mol. The number of hydrogen-bond donors (Lipinski definition) is 1. The van der Waals surface area contributed by atoms with E-state index in [0.29, 0.717) is 11.5 Å². The fourth-order valence-corrected chi connectivity index (χ4v) is 2.83. The van der Waals surface area contributed by atoms with Crippen molar-refractivity contribution in [1.29, 1.82) is 0 Å². The van der Waals surface area contributed by atoms with Gasteiger partial charge >= 0.3 is 0 Å². The summed E-state index contributed by atoms with van der Waals surface area (Å²) < 4.78 is 22.5. The molecule has 0 spiro atoms. The molecule has 1 N–H and O–H groups in total. The van der Waals surface area contributed by atoms with Gasteiger partial charge in [0.15, 0.2) is 0 Å². The van der Waals surface area contributed by atoms with E-state index in [-0.39, 0.29) is 6.04 Å². The molecule has 0 saturated carbocycles. The molecule has 5 heteroatoms. The topological polar surface area (TPSA) is 47.6 Å². The summed E-state index contributed by atoms with van der Waals surface area (Å²) in [6, 6.07) is 5.70. The first kappa shape index (κ1) is 16.0. The second-order valence-corrected chi connectivity index (χ2v) is 5.90. The molecule has 0 aliphatic heterocycles. The predicted octanol–water partition coefficient (Wildman–Crippen LogP) is 2.12. The zero-order chi connectivity index (χ0) is 14.3. The maximum absolute atomic E-state index is 11.8. The second kappa shape index (κ2) is 8.17. The summed E-state index contributed by atoms with van der Waals surface area (Å²) in [5.74, 6) is 2.81. The summed E-state index contributed by atoms with van der Waals surface area (Å²) in [5, 5.41) is 3.36. The number of benzene rings is 1. The van der Waals surface area contributed by atoms with E-state index in [1.54, 1.807) is 14.2 Å². The third-order valence-corrected chi connectivity index (χ3v) is 4.29. The molecule has 0 bridgehead atoms. The Labute approximate surface area is 118 Å². The van der Waals surface area contributed by atoms with Crippen molar-refractivity contribution in [2.24, 2.45) is 0 Å². The van der Waals surface area contributed by atoms with Crippen LogP contribution in [-0.2, 0) is 10.8 Å². The predicted molar refractivity (Wildman–Crippen MR) is 79.5 cm³/mol. The SMILES string of the molecule is CCNC(CS(=O)CC)c1cc(OC)ccc1OC. The molecule has 0 aromatic heterocycles. The first-order chi connectivity index (χ1) is 9.15. The van der Waals surface area contributed by atoms with Crippen LogP contribution in [-0.4, -0.2) is 36.5 Å². The average molecular weight is 285 g/mol. The summed E-state index contributed by atoms with van der Waals surface area (Å²) in [6.07, 6.45) is 0. The van der Waals surface area contributed by atoms with Crippen LogP contribution in [0.2, 0.25) is 0 Å². The Bertz CT molecular complexity index is 423. The van der Waals surface area contributed by atoms with Crippen molar-refractivity contribution in [2.75, 3.05) is 32.3 Å². The van der Waals surface area contributed by atoms with Crippen LogP contribution in [0.3, 0.4) is 0 Å².